The summed E-state index contributed by atoms with van der Waals surface area (Å²) in [7, 11) is 0. The number of allylic oxidation sites excluding steroid dienone is 3. The maximum Gasteiger partial charge on any atom is 0.313 e. The Balaban J connectivity index is 1.88. The highest BCUT2D eigenvalue weighted by atomic mass is 19.1. The molecule has 126 valence electrons. The number of quaternary nitrogens is 1. The van der Waals surface area contributed by atoms with E-state index in [4.69, 9.17) is 4.74 Å². The molecule has 24 heavy (non-hydrogen) atoms. The predicted octanol–water partition coefficient (Wildman–Crippen LogP) is 2.31. The van der Waals surface area contributed by atoms with Crippen LogP contribution in [-0.4, -0.2) is 16.2 Å². The lowest BCUT2D eigenvalue weighted by molar-refractivity contribution is -0.684. The summed E-state index contributed by atoms with van der Waals surface area (Å²) < 4.78 is 21.1. The van der Waals surface area contributed by atoms with Gasteiger partial charge in [0.15, 0.2) is 0 Å². The molecule has 0 saturated heterocycles. The Morgan fingerprint density at radius 2 is 2.21 bits per heavy atom. The van der Waals surface area contributed by atoms with E-state index in [-0.39, 0.29) is 5.82 Å². The van der Waals surface area contributed by atoms with Gasteiger partial charge in [-0.05, 0) is 31.1 Å². The summed E-state index contributed by atoms with van der Waals surface area (Å²) in [6.07, 6.45) is 6.61. The van der Waals surface area contributed by atoms with Crippen molar-refractivity contribution in [3.63, 3.8) is 0 Å². The molecule has 0 radical (unpaired) electrons. The van der Waals surface area contributed by atoms with Crippen LogP contribution in [0.5, 0.6) is 0 Å². The molecule has 1 aliphatic heterocycles. The van der Waals surface area contributed by atoms with Crippen molar-refractivity contribution < 1.29 is 14.6 Å². The van der Waals surface area contributed by atoms with Crippen molar-refractivity contribution >= 4 is 0 Å². The van der Waals surface area contributed by atoms with Crippen molar-refractivity contribution in [2.75, 3.05) is 6.61 Å². The number of halogens is 1. The van der Waals surface area contributed by atoms with Gasteiger partial charge in [-0.25, -0.2) is 14.8 Å². The smallest absolute Gasteiger partial charge is 0.313 e. The molecule has 1 aromatic carbocycles. The van der Waals surface area contributed by atoms with Crippen molar-refractivity contribution in [1.29, 1.82) is 0 Å². The fourth-order valence-corrected chi connectivity index (χ4v) is 2.76. The maximum atomic E-state index is 13.5. The largest absolute Gasteiger partial charge is 0.451 e. The number of aromatic nitrogens is 2. The van der Waals surface area contributed by atoms with Crippen LogP contribution in [0.2, 0.25) is 0 Å². The number of benzene rings is 1. The first-order valence-electron chi connectivity index (χ1n) is 8.14. The molecule has 2 aromatic rings. The molecule has 0 bridgehead atoms. The highest BCUT2D eigenvalue weighted by Gasteiger charge is 2.18. The van der Waals surface area contributed by atoms with Crippen molar-refractivity contribution in [1.82, 2.24) is 15.0 Å². The number of rotatable bonds is 6. The van der Waals surface area contributed by atoms with Gasteiger partial charge < -0.3 is 9.30 Å². The second-order valence-electron chi connectivity index (χ2n) is 5.51. The van der Waals surface area contributed by atoms with E-state index in [2.05, 4.69) is 23.4 Å². The van der Waals surface area contributed by atoms with Gasteiger partial charge in [0, 0.05) is 24.0 Å². The van der Waals surface area contributed by atoms with Crippen LogP contribution < -0.4 is 10.9 Å². The highest BCUT2D eigenvalue weighted by molar-refractivity contribution is 5.55. The standard InChI is InChI=1S/C18H21FN4O/c1-3-13-11-17(24-4-2)22-21-16(13)12-23-9-8-20-18(23)14-6-5-7-15(19)10-14/h5-11,21-22H,3-4,12H2,1-2H3/p+1. The number of nitrogens with zero attached hydrogens (tertiary/aromatic N) is 2. The van der Waals surface area contributed by atoms with Gasteiger partial charge in [-0.15, -0.1) is 0 Å². The molecule has 3 rings (SSSR count). The molecular formula is C18H22FN4O+. The minimum absolute atomic E-state index is 0.260. The van der Waals surface area contributed by atoms with Gasteiger partial charge in [0.25, 0.3) is 0 Å². The van der Waals surface area contributed by atoms with Crippen LogP contribution in [0, 0.1) is 5.82 Å². The van der Waals surface area contributed by atoms with Crippen LogP contribution >= 0.6 is 0 Å². The molecular weight excluding hydrogens is 307 g/mol. The zero-order valence-electron chi connectivity index (χ0n) is 13.9. The summed E-state index contributed by atoms with van der Waals surface area (Å²) in [4.78, 5) is 4.38. The molecule has 0 saturated carbocycles. The number of hydrogen-bond acceptors (Lipinski definition) is 3. The van der Waals surface area contributed by atoms with Crippen LogP contribution in [0.25, 0.3) is 11.4 Å². The van der Waals surface area contributed by atoms with Crippen LogP contribution in [-0.2, 0) is 11.3 Å². The van der Waals surface area contributed by atoms with E-state index in [1.807, 2.05) is 29.2 Å². The highest BCUT2D eigenvalue weighted by Crippen LogP contribution is 2.21. The Bertz CT molecular complexity index is 779. The normalized spacial score (nSPS) is 14.4. The number of imidazole rings is 1. The van der Waals surface area contributed by atoms with Gasteiger partial charge in [-0.2, -0.15) is 5.43 Å². The van der Waals surface area contributed by atoms with Crippen LogP contribution in [0.1, 0.15) is 20.3 Å². The third-order valence-corrected chi connectivity index (χ3v) is 3.91. The lowest BCUT2D eigenvalue weighted by Gasteiger charge is -2.20. The maximum absolute atomic E-state index is 13.5. The predicted molar refractivity (Wildman–Crippen MR) is 89.7 cm³/mol. The lowest BCUT2D eigenvalue weighted by Crippen LogP contribution is -2.92. The van der Waals surface area contributed by atoms with Crippen molar-refractivity contribution in [3.05, 3.63) is 65.7 Å². The number of nitrogens with two attached hydrogens (primary N) is 1. The fourth-order valence-electron chi connectivity index (χ4n) is 2.76. The Hall–Kier alpha value is -2.60. The van der Waals surface area contributed by atoms with Crippen molar-refractivity contribution in [3.8, 4) is 11.4 Å². The van der Waals surface area contributed by atoms with Crippen LogP contribution in [0.3, 0.4) is 0 Å². The summed E-state index contributed by atoms with van der Waals surface area (Å²) >= 11 is 0. The zero-order valence-corrected chi connectivity index (χ0v) is 13.9. The van der Waals surface area contributed by atoms with Gasteiger partial charge >= 0.3 is 5.88 Å². The van der Waals surface area contributed by atoms with E-state index < -0.39 is 0 Å². The Morgan fingerprint density at radius 3 is 2.96 bits per heavy atom. The molecule has 5 nitrogen and oxygen atoms in total. The third kappa shape index (κ3) is 3.49. The fraction of sp³-hybridized carbons (Fsp3) is 0.278. The molecule has 0 fully saturated rings. The van der Waals surface area contributed by atoms with Gasteiger partial charge in [0.1, 0.15) is 11.6 Å². The van der Waals surface area contributed by atoms with Gasteiger partial charge in [-0.3, -0.25) is 0 Å². The summed E-state index contributed by atoms with van der Waals surface area (Å²) in [5.74, 6) is 1.33. The SMILES string of the molecule is CCOC1=CC(CC)=C(Cn2ccnc2-c2cccc(F)c2)N[NH2+]1. The Labute approximate surface area is 140 Å². The number of ether oxygens (including phenoxy) is 1. The van der Waals surface area contributed by atoms with Gasteiger partial charge in [0.2, 0.25) is 0 Å². The molecule has 1 aliphatic rings. The lowest BCUT2D eigenvalue weighted by atomic mass is 10.1. The molecule has 0 spiro atoms. The van der Waals surface area contributed by atoms with Gasteiger partial charge in [0.05, 0.1) is 18.8 Å². The number of nitrogens with one attached hydrogen (secondary N) is 1. The van der Waals surface area contributed by atoms with E-state index in [1.54, 1.807) is 12.3 Å². The topological polar surface area (TPSA) is 55.7 Å². The first-order chi connectivity index (χ1) is 11.7. The van der Waals surface area contributed by atoms with E-state index in [9.17, 15) is 4.39 Å². The molecule has 1 aromatic heterocycles. The molecule has 0 aliphatic carbocycles. The zero-order chi connectivity index (χ0) is 16.9. The van der Waals surface area contributed by atoms with Crippen LogP contribution in [0.4, 0.5) is 4.39 Å². The molecule has 6 heteroatoms. The Kier molecular flexibility index (Phi) is 4.96. The second-order valence-corrected chi connectivity index (χ2v) is 5.51. The minimum atomic E-state index is -0.260. The number of hydrogen-bond donors (Lipinski definition) is 2. The molecule has 3 N–H and O–H groups in total. The molecule has 2 heterocycles. The average Bonchev–Trinajstić information content (AvgIpc) is 3.04. The summed E-state index contributed by atoms with van der Waals surface area (Å²) in [6, 6.07) is 6.50. The van der Waals surface area contributed by atoms with E-state index in [1.165, 1.54) is 17.7 Å². The Morgan fingerprint density at radius 1 is 1.33 bits per heavy atom. The van der Waals surface area contributed by atoms with Gasteiger partial charge in [-0.1, -0.05) is 19.1 Å². The molecule has 0 amide bonds. The van der Waals surface area contributed by atoms with E-state index in [0.717, 1.165) is 29.4 Å². The summed E-state index contributed by atoms with van der Waals surface area (Å²) in [6.45, 7) is 5.36. The third-order valence-electron chi connectivity index (χ3n) is 3.91. The quantitative estimate of drug-likeness (QED) is 0.800. The average molecular weight is 329 g/mol. The van der Waals surface area contributed by atoms with Crippen molar-refractivity contribution in [2.45, 2.75) is 26.8 Å². The summed E-state index contributed by atoms with van der Waals surface area (Å²) in [5.41, 5.74) is 8.25. The van der Waals surface area contributed by atoms with E-state index in [0.29, 0.717) is 13.2 Å². The first-order valence-corrected chi connectivity index (χ1v) is 8.14. The minimum Gasteiger partial charge on any atom is -0.451 e. The van der Waals surface area contributed by atoms with Crippen LogP contribution in [0.15, 0.2) is 59.9 Å². The molecule has 0 unspecified atom stereocenters. The van der Waals surface area contributed by atoms with Crippen molar-refractivity contribution in [2.24, 2.45) is 0 Å². The second kappa shape index (κ2) is 7.31. The monoisotopic (exact) mass is 329 g/mol. The molecule has 0 atom stereocenters. The summed E-state index contributed by atoms with van der Waals surface area (Å²) in [5, 5.41) is 0. The van der Waals surface area contributed by atoms with E-state index >= 15 is 0 Å². The first kappa shape index (κ1) is 16.3.